The van der Waals surface area contributed by atoms with Crippen LogP contribution < -0.4 is 5.32 Å². The second-order valence-corrected chi connectivity index (χ2v) is 6.75. The van der Waals surface area contributed by atoms with E-state index < -0.39 is 17.3 Å². The number of carboxylic acid groups (broad SMARTS) is 1. The van der Waals surface area contributed by atoms with Gasteiger partial charge in [-0.25, -0.2) is 9.18 Å². The first-order valence-electron chi connectivity index (χ1n) is 5.66. The predicted molar refractivity (Wildman–Crippen MR) is 74.2 cm³/mol. The maximum absolute atomic E-state index is 13.4. The van der Waals surface area contributed by atoms with E-state index in [-0.39, 0.29) is 22.1 Å². The number of rotatable bonds is 4. The van der Waals surface area contributed by atoms with E-state index in [9.17, 15) is 14.0 Å². The number of benzene rings is 1. The van der Waals surface area contributed by atoms with E-state index in [2.05, 4.69) is 5.32 Å². The highest BCUT2D eigenvalue weighted by atomic mass is 32.2. The third-order valence-electron chi connectivity index (χ3n) is 2.12. The van der Waals surface area contributed by atoms with E-state index >= 15 is 0 Å². The van der Waals surface area contributed by atoms with Gasteiger partial charge in [-0.1, -0.05) is 20.8 Å². The summed E-state index contributed by atoms with van der Waals surface area (Å²) in [5.41, 5.74) is -0.163. The highest BCUT2D eigenvalue weighted by Crippen LogP contribution is 2.23. The van der Waals surface area contributed by atoms with Gasteiger partial charge in [0, 0.05) is 10.4 Å². The number of hydrogen-bond acceptors (Lipinski definition) is 3. The Kier molecular flexibility index (Phi) is 4.94. The van der Waals surface area contributed by atoms with Gasteiger partial charge in [-0.2, -0.15) is 0 Å². The van der Waals surface area contributed by atoms with Gasteiger partial charge in [-0.15, -0.1) is 11.8 Å². The number of amides is 1. The number of anilines is 1. The quantitative estimate of drug-likeness (QED) is 0.892. The minimum atomic E-state index is -1.33. The molecule has 19 heavy (non-hydrogen) atoms. The van der Waals surface area contributed by atoms with Crippen molar-refractivity contribution in [2.75, 3.05) is 11.1 Å². The molecule has 1 amide bonds. The molecule has 0 spiro atoms. The van der Waals surface area contributed by atoms with Crippen molar-refractivity contribution in [3.05, 3.63) is 29.6 Å². The maximum Gasteiger partial charge on any atom is 0.338 e. The first kappa shape index (κ1) is 15.5. The van der Waals surface area contributed by atoms with Gasteiger partial charge in [0.25, 0.3) is 0 Å². The lowest BCUT2D eigenvalue weighted by Gasteiger charge is -2.17. The Morgan fingerprint density at radius 3 is 2.47 bits per heavy atom. The Balaban J connectivity index is 2.65. The number of halogens is 1. The molecular formula is C13H16FNO3S. The van der Waals surface area contributed by atoms with Crippen molar-refractivity contribution in [1.29, 1.82) is 0 Å². The van der Waals surface area contributed by atoms with Crippen molar-refractivity contribution >= 4 is 29.3 Å². The Bertz CT molecular complexity index is 497. The summed E-state index contributed by atoms with van der Waals surface area (Å²) < 4.78 is 13.4. The van der Waals surface area contributed by atoms with E-state index in [1.165, 1.54) is 17.8 Å². The molecule has 1 aromatic rings. The number of carbonyl (C=O) groups excluding carboxylic acids is 1. The molecule has 2 N–H and O–H groups in total. The van der Waals surface area contributed by atoms with Gasteiger partial charge in [-0.3, -0.25) is 4.79 Å². The summed E-state index contributed by atoms with van der Waals surface area (Å²) >= 11 is 1.47. The van der Waals surface area contributed by atoms with Crippen LogP contribution in [0.15, 0.2) is 18.2 Å². The summed E-state index contributed by atoms with van der Waals surface area (Å²) in [7, 11) is 0. The van der Waals surface area contributed by atoms with Gasteiger partial charge in [0.2, 0.25) is 5.91 Å². The zero-order valence-corrected chi connectivity index (χ0v) is 11.8. The molecule has 104 valence electrons. The number of aromatic carboxylic acids is 1. The Morgan fingerprint density at radius 2 is 2.00 bits per heavy atom. The molecule has 4 nitrogen and oxygen atoms in total. The molecule has 0 radical (unpaired) electrons. The third-order valence-corrected chi connectivity index (χ3v) is 3.39. The van der Waals surface area contributed by atoms with Gasteiger partial charge < -0.3 is 10.4 Å². The molecule has 0 saturated heterocycles. The highest BCUT2D eigenvalue weighted by molar-refractivity contribution is 8.01. The lowest BCUT2D eigenvalue weighted by molar-refractivity contribution is -0.113. The van der Waals surface area contributed by atoms with Gasteiger partial charge in [0.1, 0.15) is 5.82 Å². The average molecular weight is 285 g/mol. The summed E-state index contributed by atoms with van der Waals surface area (Å²) in [6.45, 7) is 5.98. The van der Waals surface area contributed by atoms with Crippen LogP contribution in [0.1, 0.15) is 31.1 Å². The first-order valence-corrected chi connectivity index (χ1v) is 6.64. The van der Waals surface area contributed by atoms with Crippen molar-refractivity contribution < 1.29 is 19.1 Å². The van der Waals surface area contributed by atoms with E-state index in [0.29, 0.717) is 0 Å². The molecule has 1 aromatic carbocycles. The fraction of sp³-hybridized carbons (Fsp3) is 0.385. The molecular weight excluding hydrogens is 269 g/mol. The minimum Gasteiger partial charge on any atom is -0.478 e. The minimum absolute atomic E-state index is 0.0320. The fourth-order valence-corrected chi connectivity index (χ4v) is 1.88. The molecule has 0 unspecified atom stereocenters. The lowest BCUT2D eigenvalue weighted by atomic mass is 10.2. The smallest absolute Gasteiger partial charge is 0.338 e. The van der Waals surface area contributed by atoms with Gasteiger partial charge in [-0.05, 0) is 18.2 Å². The van der Waals surface area contributed by atoms with Crippen LogP contribution >= 0.6 is 11.8 Å². The number of hydrogen-bond donors (Lipinski definition) is 2. The van der Waals surface area contributed by atoms with Gasteiger partial charge in [0.15, 0.2) is 0 Å². The van der Waals surface area contributed by atoms with Crippen molar-refractivity contribution in [2.45, 2.75) is 25.5 Å². The SMILES string of the molecule is CC(C)(C)SCC(=O)Nc1ccc(C(=O)O)c(F)c1. The summed E-state index contributed by atoms with van der Waals surface area (Å²) in [5.74, 6) is -2.19. The molecule has 0 bridgehead atoms. The van der Waals surface area contributed by atoms with Crippen molar-refractivity contribution in [3.8, 4) is 0 Å². The maximum atomic E-state index is 13.4. The summed E-state index contributed by atoms with van der Waals surface area (Å²) in [6.07, 6.45) is 0. The normalized spacial score (nSPS) is 11.2. The number of carbonyl (C=O) groups is 2. The molecule has 0 heterocycles. The van der Waals surface area contributed by atoms with Crippen LogP contribution in [0.2, 0.25) is 0 Å². The monoisotopic (exact) mass is 285 g/mol. The average Bonchev–Trinajstić information content (AvgIpc) is 2.25. The summed E-state index contributed by atoms with van der Waals surface area (Å²) in [4.78, 5) is 22.3. The van der Waals surface area contributed by atoms with Crippen LogP contribution in [-0.2, 0) is 4.79 Å². The Labute approximate surface area is 115 Å². The van der Waals surface area contributed by atoms with E-state index in [4.69, 9.17) is 5.11 Å². The Morgan fingerprint density at radius 1 is 1.37 bits per heavy atom. The van der Waals surface area contributed by atoms with Crippen LogP contribution in [0.3, 0.4) is 0 Å². The highest BCUT2D eigenvalue weighted by Gasteiger charge is 2.15. The summed E-state index contributed by atoms with van der Waals surface area (Å²) in [5, 5.41) is 11.2. The van der Waals surface area contributed by atoms with Crippen LogP contribution in [0.25, 0.3) is 0 Å². The van der Waals surface area contributed by atoms with E-state index in [1.54, 1.807) is 0 Å². The van der Waals surface area contributed by atoms with Crippen LogP contribution in [0.4, 0.5) is 10.1 Å². The molecule has 1 rings (SSSR count). The Hall–Kier alpha value is -1.56. The standard InChI is InChI=1S/C13H16FNO3S/c1-13(2,3)19-7-11(16)15-8-4-5-9(12(17)18)10(14)6-8/h4-6H,7H2,1-3H3,(H,15,16)(H,17,18). The largest absolute Gasteiger partial charge is 0.478 e. The summed E-state index contributed by atoms with van der Waals surface area (Å²) in [6, 6.07) is 3.50. The molecule has 0 fully saturated rings. The lowest BCUT2D eigenvalue weighted by Crippen LogP contribution is -2.19. The van der Waals surface area contributed by atoms with Crippen molar-refractivity contribution in [2.24, 2.45) is 0 Å². The van der Waals surface area contributed by atoms with Crippen molar-refractivity contribution in [3.63, 3.8) is 0 Å². The van der Waals surface area contributed by atoms with Crippen LogP contribution in [0.5, 0.6) is 0 Å². The number of carboxylic acids is 1. The van der Waals surface area contributed by atoms with E-state index in [1.807, 2.05) is 20.8 Å². The second kappa shape index (κ2) is 6.06. The predicted octanol–water partition coefficient (Wildman–Crippen LogP) is 2.99. The zero-order valence-electron chi connectivity index (χ0n) is 11.0. The van der Waals surface area contributed by atoms with Gasteiger partial charge in [0.05, 0.1) is 11.3 Å². The van der Waals surface area contributed by atoms with Crippen LogP contribution in [0, 0.1) is 5.82 Å². The zero-order chi connectivity index (χ0) is 14.6. The van der Waals surface area contributed by atoms with E-state index in [0.717, 1.165) is 12.1 Å². The fourth-order valence-electron chi connectivity index (χ4n) is 1.25. The molecule has 0 atom stereocenters. The molecule has 0 saturated carbocycles. The second-order valence-electron chi connectivity index (χ2n) is 4.95. The third kappa shape index (κ3) is 5.30. The topological polar surface area (TPSA) is 66.4 Å². The number of nitrogens with one attached hydrogen (secondary N) is 1. The molecule has 0 aliphatic carbocycles. The van der Waals surface area contributed by atoms with Crippen molar-refractivity contribution in [1.82, 2.24) is 0 Å². The molecule has 0 aromatic heterocycles. The molecule has 6 heteroatoms. The van der Waals surface area contributed by atoms with Crippen LogP contribution in [-0.4, -0.2) is 27.5 Å². The molecule has 0 aliphatic rings. The molecule has 0 aliphatic heterocycles. The first-order chi connectivity index (χ1) is 8.69. The van der Waals surface area contributed by atoms with Gasteiger partial charge >= 0.3 is 5.97 Å². The number of thioether (sulfide) groups is 1.